The van der Waals surface area contributed by atoms with Crippen molar-refractivity contribution in [3.63, 3.8) is 0 Å². The first-order valence-electron chi connectivity index (χ1n) is 45.9. The second-order valence-electron chi connectivity index (χ2n) is 34.7. The molecule has 3 fully saturated rings. The van der Waals surface area contributed by atoms with E-state index in [9.17, 15) is 73.5 Å². The van der Waals surface area contributed by atoms with Crippen LogP contribution in [0.5, 0.6) is 0 Å². The molecule has 6 rings (SSSR count). The van der Waals surface area contributed by atoms with Crippen molar-refractivity contribution in [2.24, 2.45) is 40.5 Å². The summed E-state index contributed by atoms with van der Waals surface area (Å²) in [5.41, 5.74) is 30.0. The number of guanidine groups is 2. The number of nitrogens with two attached hydrogens (primary N) is 5. The molecule has 3 aromatic rings. The number of carbonyl (C=O) groups is 17. The summed E-state index contributed by atoms with van der Waals surface area (Å²) in [4.78, 5) is 254. The van der Waals surface area contributed by atoms with Gasteiger partial charge in [0.25, 0.3) is 0 Å². The number of aliphatic hydroxyl groups excluding tert-OH is 4. The number of aromatic amines is 1. The number of para-hydroxylation sites is 1. The lowest BCUT2D eigenvalue weighted by molar-refractivity contribution is -0.143. The third-order valence-corrected chi connectivity index (χ3v) is 25.3. The molecule has 2 aromatic carbocycles. The third kappa shape index (κ3) is 37.4. The minimum Gasteiger partial charge on any atom is -0.480 e. The smallest absolute Gasteiger partial charge is 0.326 e. The lowest BCUT2D eigenvalue weighted by Gasteiger charge is -2.32. The molecule has 3 saturated heterocycles. The SMILES string of the molecule is CC(C)C[C@H](NC(=O)[C@@H]1CSSC[C@H](NC(=O)CNC(=O)[C@H](CO)NC(=O)[C@H](CC(C)C)NC(=O)[C@@H](N)CO)C(=O)N[C@@H](Cc2c[nH]c3ccccc23)C(=O)N[C@@H]([C@@H](C)O)C(=O)N[C@@H](CCCCN)C(=O)N[C@@H](CO)C(=O)N[C@@H](Cc2ccccc2)C(=O)N2CCC[C@H]2C(=O)N[C@@H](CCCNC(=N)N)C(=O)N[C@@H](CCCCN)C(=O)N2CCC[C@H]2C(=O)N1)C(=O)N[C@@H](CCCNC(=N)N)C(=O)O. The molecule has 0 aliphatic carbocycles. The van der Waals surface area contributed by atoms with E-state index < -0.39 is 259 Å². The van der Waals surface area contributed by atoms with Gasteiger partial charge in [0.05, 0.1) is 32.5 Å². The molecule has 0 radical (unpaired) electrons. The monoisotopic (exact) mass is 1960 g/mol. The number of aromatic nitrogens is 1. The molecule has 4 heterocycles. The number of carbonyl (C=O) groups excluding carboxylic acids is 16. The summed E-state index contributed by atoms with van der Waals surface area (Å²) < 4.78 is 0. The molecule has 0 spiro atoms. The van der Waals surface area contributed by atoms with Gasteiger partial charge in [-0.15, -0.1) is 0 Å². The highest BCUT2D eigenvalue weighted by molar-refractivity contribution is 8.76. The van der Waals surface area contributed by atoms with Crippen molar-refractivity contribution in [2.45, 2.75) is 253 Å². The Bertz CT molecular complexity index is 4600. The fourth-order valence-electron chi connectivity index (χ4n) is 15.5. The number of amides is 16. The Morgan fingerprint density at radius 3 is 1.58 bits per heavy atom. The van der Waals surface area contributed by atoms with Gasteiger partial charge < -0.3 is 154 Å². The number of aliphatic hydroxyl groups is 4. The predicted molar refractivity (Wildman–Crippen MR) is 506 cm³/mol. The van der Waals surface area contributed by atoms with Crippen LogP contribution in [0.3, 0.4) is 0 Å². The van der Waals surface area contributed by atoms with Crippen molar-refractivity contribution >= 4 is 145 Å². The summed E-state index contributed by atoms with van der Waals surface area (Å²) in [6.07, 6.45) is -0.298. The average Bonchev–Trinajstić information content (AvgIpc) is 1.76. The number of carboxylic acids is 1. The van der Waals surface area contributed by atoms with E-state index in [0.29, 0.717) is 28.5 Å². The number of fused-ring (bicyclic) bond motifs is 3. The van der Waals surface area contributed by atoms with Crippen LogP contribution in [-0.4, -0.2) is 333 Å². The number of hydrogen-bond acceptors (Lipinski definition) is 28. The van der Waals surface area contributed by atoms with Crippen LogP contribution < -0.4 is 114 Å². The van der Waals surface area contributed by atoms with Gasteiger partial charge >= 0.3 is 5.97 Å². The highest BCUT2D eigenvalue weighted by Crippen LogP contribution is 2.28. The van der Waals surface area contributed by atoms with Crippen molar-refractivity contribution in [1.29, 1.82) is 10.8 Å². The van der Waals surface area contributed by atoms with Crippen LogP contribution in [-0.2, 0) is 94.3 Å². The molecule has 760 valence electrons. The highest BCUT2D eigenvalue weighted by Gasteiger charge is 2.45. The highest BCUT2D eigenvalue weighted by atomic mass is 33.1. The molecule has 0 bridgehead atoms. The van der Waals surface area contributed by atoms with Gasteiger partial charge in [0.2, 0.25) is 94.5 Å². The largest absolute Gasteiger partial charge is 0.480 e. The van der Waals surface area contributed by atoms with Gasteiger partial charge in [-0.25, -0.2) is 4.79 Å². The van der Waals surface area contributed by atoms with Gasteiger partial charge in [0.1, 0.15) is 96.7 Å². The zero-order chi connectivity index (χ0) is 101. The molecular weight excluding hydrogens is 1830 g/mol. The Balaban J connectivity index is 1.51. The average molecular weight is 1960 g/mol. The Morgan fingerprint density at radius 2 is 1.01 bits per heavy atom. The number of unbranched alkanes of at least 4 members (excludes halogenated alkanes) is 2. The number of carboxylic acid groups (broad SMARTS) is 1. The summed E-state index contributed by atoms with van der Waals surface area (Å²) in [5.74, 6) is -20.3. The first-order chi connectivity index (χ1) is 65.2. The standard InChI is InChI=1S/C87H138N26O22S2/c1-46(2)35-58(104-70(119)52(90)41-114)75(124)108-62(42-115)71(120)98-40-68(118)99-64-44-136-137-45-65(79(128)105-59(36-47(3)4)74(123)103-57(85(134)135)26-16-32-96-87(93)94)110-81(130)67-28-17-33-112(67)83(132)56(24-12-14-30-89)102-72(121)55(25-15-31-95-86(91)92)100-80(129)66-27-18-34-113(66)84(133)61(37-49-19-7-6-8-20-49)107-77(126)63(43-116)109-73(122)54(23-11-13-29-88)101-82(131)69(48(5)117)111-76(125)60(106-78(64)127)38-50-39-97-53-22-10-9-21-51(50)53/h6-10,19-22,39,46-48,52,54-67,69,97,114-117H,11-18,23-38,40-45,88-90H2,1-5H3,(H,98,120)(H,99,118)(H,100,129)(H,101,131)(H,102,121)(H,103,123)(H,104,119)(H,105,128)(H,106,127)(H,107,126)(H,108,124)(H,109,122)(H,110,130)(H,111,125)(H,134,135)(H4,91,92,95)(H4,93,94,96)/t48-,52+,54+,55+,56+,57+,58+,59+,60+,61+,62+,63+,64+,65+,66+,67+,69+/m1/s1. The Kier molecular flexibility index (Phi) is 48.5. The van der Waals surface area contributed by atoms with Crippen LogP contribution in [0.25, 0.3) is 10.9 Å². The van der Waals surface area contributed by atoms with E-state index in [1.54, 1.807) is 82.3 Å². The molecule has 34 N–H and O–H groups in total. The van der Waals surface area contributed by atoms with E-state index in [1.165, 1.54) is 16.0 Å². The lowest BCUT2D eigenvalue weighted by atomic mass is 10.0. The summed E-state index contributed by atoms with van der Waals surface area (Å²) in [6.45, 7) is 4.06. The van der Waals surface area contributed by atoms with Crippen LogP contribution >= 0.6 is 21.6 Å². The predicted octanol–water partition coefficient (Wildman–Crippen LogP) is -7.60. The Morgan fingerprint density at radius 1 is 0.511 bits per heavy atom. The van der Waals surface area contributed by atoms with Crippen molar-refractivity contribution in [3.8, 4) is 0 Å². The molecule has 3 aliphatic heterocycles. The number of nitrogens with zero attached hydrogens (tertiary/aromatic N) is 2. The van der Waals surface area contributed by atoms with E-state index in [1.807, 2.05) is 0 Å². The zero-order valence-corrected chi connectivity index (χ0v) is 79.4. The first-order valence-corrected chi connectivity index (χ1v) is 48.4. The number of H-pyrrole nitrogens is 1. The van der Waals surface area contributed by atoms with E-state index in [0.717, 1.165) is 28.5 Å². The van der Waals surface area contributed by atoms with Gasteiger partial charge in [-0.3, -0.25) is 87.5 Å². The minimum absolute atomic E-state index is 0.00714. The van der Waals surface area contributed by atoms with E-state index >= 15 is 33.6 Å². The molecule has 0 saturated carbocycles. The topological polar surface area (TPSA) is 784 Å². The molecule has 50 heteroatoms. The van der Waals surface area contributed by atoms with Crippen LogP contribution in [0.15, 0.2) is 60.8 Å². The molecular formula is C87H138N26O22S2. The molecule has 1 aromatic heterocycles. The maximum atomic E-state index is 15.5. The van der Waals surface area contributed by atoms with Gasteiger partial charge in [0, 0.05) is 67.6 Å². The van der Waals surface area contributed by atoms with Crippen LogP contribution in [0.4, 0.5) is 0 Å². The number of aliphatic carboxylic acids is 1. The summed E-state index contributed by atoms with van der Waals surface area (Å²) in [5, 5.41) is 109. The van der Waals surface area contributed by atoms with Crippen LogP contribution in [0.1, 0.15) is 148 Å². The number of rotatable bonds is 41. The summed E-state index contributed by atoms with van der Waals surface area (Å²) in [6, 6.07) is -10.7. The van der Waals surface area contributed by atoms with Gasteiger partial charge in [-0.1, -0.05) is 97.8 Å². The van der Waals surface area contributed by atoms with Crippen LogP contribution in [0.2, 0.25) is 0 Å². The first kappa shape index (κ1) is 114. The van der Waals surface area contributed by atoms with Crippen molar-refractivity contribution in [1.82, 2.24) is 99.9 Å². The second kappa shape index (κ2) is 58.5. The molecule has 17 atom stereocenters. The Labute approximate surface area is 801 Å². The molecule has 48 nitrogen and oxygen atoms in total. The lowest BCUT2D eigenvalue weighted by Crippen LogP contribution is -2.62. The second-order valence-corrected chi connectivity index (χ2v) is 37.3. The van der Waals surface area contributed by atoms with Crippen LogP contribution in [0, 0.1) is 22.7 Å². The van der Waals surface area contributed by atoms with Crippen molar-refractivity contribution in [3.05, 3.63) is 71.9 Å². The van der Waals surface area contributed by atoms with Crippen molar-refractivity contribution in [2.75, 3.05) is 77.1 Å². The zero-order valence-electron chi connectivity index (χ0n) is 77.7. The minimum atomic E-state index is -2.00. The fourth-order valence-corrected chi connectivity index (χ4v) is 17.9. The third-order valence-electron chi connectivity index (χ3n) is 22.8. The fraction of sp³-hybridized carbons (Fsp3) is 0.621. The molecule has 16 amide bonds. The van der Waals surface area contributed by atoms with E-state index in [4.69, 9.17) is 39.5 Å². The van der Waals surface area contributed by atoms with Gasteiger partial charge in [0.15, 0.2) is 11.9 Å². The molecule has 0 unspecified atom stereocenters. The normalized spacial score (nSPS) is 22.6. The maximum Gasteiger partial charge on any atom is 0.326 e. The van der Waals surface area contributed by atoms with Gasteiger partial charge in [-0.2, -0.15) is 0 Å². The maximum absolute atomic E-state index is 15.5. The number of benzene rings is 2. The Hall–Kier alpha value is -12.1. The van der Waals surface area contributed by atoms with E-state index in [-0.39, 0.29) is 154 Å². The number of nitrogens with one attached hydrogen (secondary N) is 19. The number of hydrogen-bond donors (Lipinski definition) is 29. The molecule has 137 heavy (non-hydrogen) atoms. The quantitative estimate of drug-likeness (QED) is 0.0109. The summed E-state index contributed by atoms with van der Waals surface area (Å²) in [7, 11) is 1.53. The molecule has 3 aliphatic rings. The summed E-state index contributed by atoms with van der Waals surface area (Å²) >= 11 is 0. The van der Waals surface area contributed by atoms with Crippen molar-refractivity contribution < 1.29 is 107 Å². The van der Waals surface area contributed by atoms with Gasteiger partial charge in [-0.05, 0) is 152 Å². The van der Waals surface area contributed by atoms with E-state index in [2.05, 4.69) is 90.1 Å².